The van der Waals surface area contributed by atoms with Gasteiger partial charge in [-0.1, -0.05) is 33.6 Å². The van der Waals surface area contributed by atoms with Crippen molar-refractivity contribution in [3.8, 4) is 6.07 Å². The summed E-state index contributed by atoms with van der Waals surface area (Å²) in [5.41, 5.74) is 1.27. The first-order chi connectivity index (χ1) is 12.7. The molecule has 0 aromatic heterocycles. The molecular weight excluding hydrogens is 314 g/mol. The summed E-state index contributed by atoms with van der Waals surface area (Å²) in [6, 6.07) is 2.67. The summed E-state index contributed by atoms with van der Waals surface area (Å²) in [5.74, 6) is 5.41. The van der Waals surface area contributed by atoms with Gasteiger partial charge in [-0.05, 0) is 111 Å². The summed E-state index contributed by atoms with van der Waals surface area (Å²) >= 11 is 0. The van der Waals surface area contributed by atoms with Crippen LogP contribution in [0.25, 0.3) is 0 Å². The topological polar surface area (TPSA) is 23.8 Å². The molecule has 5 rings (SSSR count). The molecule has 5 fully saturated rings. The van der Waals surface area contributed by atoms with Gasteiger partial charge >= 0.3 is 0 Å². The third-order valence-electron chi connectivity index (χ3n) is 10.2. The quantitative estimate of drug-likeness (QED) is 0.445. The maximum atomic E-state index is 9.58. The van der Waals surface area contributed by atoms with Gasteiger partial charge in [-0.15, -0.1) is 0 Å². The minimum Gasteiger partial charge on any atom is -0.198 e. The Morgan fingerprint density at radius 3 is 2.35 bits per heavy atom. The van der Waals surface area contributed by atoms with Crippen molar-refractivity contribution in [1.29, 1.82) is 5.26 Å². The minimum atomic E-state index is 0.375. The van der Waals surface area contributed by atoms with E-state index in [0.717, 1.165) is 29.6 Å². The van der Waals surface area contributed by atoms with Crippen molar-refractivity contribution >= 4 is 0 Å². The normalized spacial score (nSPS) is 52.2. The van der Waals surface area contributed by atoms with Gasteiger partial charge < -0.3 is 0 Å². The Bertz CT molecular complexity index is 547. The number of hydrogen-bond acceptors (Lipinski definition) is 1. The van der Waals surface area contributed by atoms with E-state index >= 15 is 0 Å². The first-order valence-electron chi connectivity index (χ1n) is 12.1. The average molecular weight is 356 g/mol. The fraction of sp³-hybridized carbons (Fsp3) is 0.960. The Kier molecular flexibility index (Phi) is 5.18. The van der Waals surface area contributed by atoms with E-state index in [1.54, 1.807) is 0 Å². The zero-order valence-corrected chi connectivity index (χ0v) is 17.6. The lowest BCUT2D eigenvalue weighted by Crippen LogP contribution is -2.54. The molecule has 0 N–H and O–H groups in total. The maximum Gasteiger partial charge on any atom is 0.0656 e. The van der Waals surface area contributed by atoms with Crippen LogP contribution >= 0.6 is 0 Å². The first-order valence-corrected chi connectivity index (χ1v) is 12.1. The van der Waals surface area contributed by atoms with Crippen LogP contribution in [0.3, 0.4) is 0 Å². The van der Waals surface area contributed by atoms with Gasteiger partial charge in [-0.2, -0.15) is 5.26 Å². The van der Waals surface area contributed by atoms with Gasteiger partial charge in [0.05, 0.1) is 6.07 Å². The number of hydrogen-bond donors (Lipinski definition) is 0. The second-order valence-electron chi connectivity index (χ2n) is 10.6. The molecule has 1 nitrogen and oxygen atoms in total. The smallest absolute Gasteiger partial charge is 0.0656 e. The van der Waals surface area contributed by atoms with Crippen LogP contribution in [-0.2, 0) is 0 Å². The fourth-order valence-corrected chi connectivity index (χ4v) is 9.14. The van der Waals surface area contributed by atoms with Gasteiger partial charge in [0.1, 0.15) is 0 Å². The number of rotatable bonds is 0. The van der Waals surface area contributed by atoms with Crippen LogP contribution in [0.15, 0.2) is 0 Å². The van der Waals surface area contributed by atoms with Crippen LogP contribution in [0.1, 0.15) is 104 Å². The molecule has 5 aliphatic carbocycles. The minimum absolute atomic E-state index is 0.375. The molecule has 0 amide bonds. The molecule has 0 bridgehead atoms. The van der Waals surface area contributed by atoms with Crippen LogP contribution < -0.4 is 0 Å². The van der Waals surface area contributed by atoms with Gasteiger partial charge in [0.25, 0.3) is 0 Å². The highest BCUT2D eigenvalue weighted by molar-refractivity contribution is 5.12. The molecule has 1 spiro atoms. The van der Waals surface area contributed by atoms with Gasteiger partial charge in [0.15, 0.2) is 0 Å². The first kappa shape index (κ1) is 18.8. The number of nitriles is 1. The zero-order chi connectivity index (χ0) is 18.4. The third-order valence-corrected chi connectivity index (χ3v) is 10.2. The molecule has 5 aliphatic rings. The lowest BCUT2D eigenvalue weighted by atomic mass is 9.43. The Morgan fingerprint density at radius 1 is 0.769 bits per heavy atom. The van der Waals surface area contributed by atoms with E-state index in [-0.39, 0.29) is 0 Å². The van der Waals surface area contributed by atoms with Crippen molar-refractivity contribution in [3.63, 3.8) is 0 Å². The van der Waals surface area contributed by atoms with Crippen LogP contribution in [0.2, 0.25) is 0 Å². The highest BCUT2D eigenvalue weighted by Crippen LogP contribution is 2.70. The van der Waals surface area contributed by atoms with Gasteiger partial charge in [0, 0.05) is 5.92 Å². The summed E-state index contributed by atoms with van der Waals surface area (Å²) in [4.78, 5) is 0. The zero-order valence-electron chi connectivity index (χ0n) is 17.6. The second kappa shape index (κ2) is 7.14. The molecule has 5 saturated carbocycles. The average Bonchev–Trinajstić information content (AvgIpc) is 3.08. The van der Waals surface area contributed by atoms with Crippen molar-refractivity contribution in [1.82, 2.24) is 0 Å². The maximum absolute atomic E-state index is 9.58. The molecule has 0 heterocycles. The van der Waals surface area contributed by atoms with Crippen LogP contribution in [-0.4, -0.2) is 0 Å². The van der Waals surface area contributed by atoms with Crippen LogP contribution in [0.4, 0.5) is 0 Å². The van der Waals surface area contributed by atoms with Crippen molar-refractivity contribution < 1.29 is 0 Å². The SMILES string of the molecule is CC.CC12CCCCC1CCC1C2CCC23CC(C#N)CCC2CCC13. The van der Waals surface area contributed by atoms with Crippen LogP contribution in [0.5, 0.6) is 0 Å². The lowest BCUT2D eigenvalue weighted by molar-refractivity contribution is -0.126. The van der Waals surface area contributed by atoms with E-state index in [9.17, 15) is 5.26 Å². The molecule has 146 valence electrons. The summed E-state index contributed by atoms with van der Waals surface area (Å²) in [6.45, 7) is 6.69. The largest absolute Gasteiger partial charge is 0.198 e. The molecular formula is C25H41N. The molecule has 8 atom stereocenters. The van der Waals surface area contributed by atoms with E-state index in [1.165, 1.54) is 83.5 Å². The van der Waals surface area contributed by atoms with Crippen molar-refractivity contribution in [2.45, 2.75) is 104 Å². The van der Waals surface area contributed by atoms with E-state index in [0.29, 0.717) is 16.7 Å². The monoisotopic (exact) mass is 355 g/mol. The molecule has 0 aliphatic heterocycles. The Labute approximate surface area is 162 Å². The van der Waals surface area contributed by atoms with Gasteiger partial charge in [-0.3, -0.25) is 0 Å². The van der Waals surface area contributed by atoms with Crippen molar-refractivity contribution in [2.24, 2.45) is 46.3 Å². The summed E-state index contributed by atoms with van der Waals surface area (Å²) in [5, 5.41) is 9.58. The Balaban J connectivity index is 0.000000814. The Hall–Kier alpha value is -0.510. The van der Waals surface area contributed by atoms with E-state index in [1.807, 2.05) is 13.8 Å². The molecule has 0 aromatic carbocycles. The van der Waals surface area contributed by atoms with E-state index < -0.39 is 0 Å². The fourth-order valence-electron chi connectivity index (χ4n) is 9.14. The van der Waals surface area contributed by atoms with E-state index in [2.05, 4.69) is 13.0 Å². The molecule has 0 aromatic rings. The third kappa shape index (κ3) is 2.61. The van der Waals surface area contributed by atoms with Gasteiger partial charge in [0.2, 0.25) is 0 Å². The number of nitrogens with zero attached hydrogens (tertiary/aromatic N) is 1. The summed E-state index contributed by atoms with van der Waals surface area (Å²) in [6.07, 6.45) is 18.9. The van der Waals surface area contributed by atoms with Crippen molar-refractivity contribution in [2.75, 3.05) is 0 Å². The molecule has 8 unspecified atom stereocenters. The Morgan fingerprint density at radius 2 is 1.54 bits per heavy atom. The predicted octanol–water partition coefficient (Wildman–Crippen LogP) is 7.37. The molecule has 0 saturated heterocycles. The summed E-state index contributed by atoms with van der Waals surface area (Å²) in [7, 11) is 0. The molecule has 1 heteroatoms. The van der Waals surface area contributed by atoms with Crippen molar-refractivity contribution in [3.05, 3.63) is 0 Å². The standard InChI is InChI=1S/C23H35N.C2H6/c1-22-12-3-2-4-17(22)7-9-19-20(22)11-13-23-14-16(15-24)5-6-18(23)8-10-21(19)23;1-2/h16-21H,2-14H2,1H3;1-2H3. The molecule has 0 radical (unpaired) electrons. The lowest BCUT2D eigenvalue weighted by Gasteiger charge is -2.62. The molecule has 26 heavy (non-hydrogen) atoms. The highest BCUT2D eigenvalue weighted by Gasteiger charge is 2.62. The van der Waals surface area contributed by atoms with Gasteiger partial charge in [-0.25, -0.2) is 0 Å². The highest BCUT2D eigenvalue weighted by atomic mass is 14.7. The van der Waals surface area contributed by atoms with Crippen LogP contribution in [0, 0.1) is 57.7 Å². The second-order valence-corrected chi connectivity index (χ2v) is 10.6. The number of fused-ring (bicyclic) bond motifs is 4. The van der Waals surface area contributed by atoms with E-state index in [4.69, 9.17) is 0 Å². The summed E-state index contributed by atoms with van der Waals surface area (Å²) < 4.78 is 0. The predicted molar refractivity (Wildman–Crippen MR) is 108 cm³/mol.